The molecule has 0 saturated carbocycles. The number of halogens is 1. The van der Waals surface area contributed by atoms with Gasteiger partial charge in [-0.05, 0) is 45.0 Å². The summed E-state index contributed by atoms with van der Waals surface area (Å²) in [5.41, 5.74) is 1.49. The van der Waals surface area contributed by atoms with Gasteiger partial charge in [0, 0.05) is 28.8 Å². The number of nitrogens with one attached hydrogen (secondary N) is 3. The number of anilines is 2. The second-order valence-electron chi connectivity index (χ2n) is 8.28. The number of rotatable bonds is 6. The first kappa shape index (κ1) is 21.2. The van der Waals surface area contributed by atoms with Gasteiger partial charge in [-0.25, -0.2) is 14.4 Å². The van der Waals surface area contributed by atoms with Crippen molar-refractivity contribution in [2.24, 2.45) is 0 Å². The summed E-state index contributed by atoms with van der Waals surface area (Å²) >= 11 is 0. The van der Waals surface area contributed by atoms with E-state index in [0.29, 0.717) is 39.5 Å². The molecule has 3 N–H and O–H groups in total. The number of amides is 1. The first-order valence-electron chi connectivity index (χ1n) is 10.0. The van der Waals surface area contributed by atoms with Gasteiger partial charge in [0.2, 0.25) is 0 Å². The minimum atomic E-state index is -0.390. The Bertz CT molecular complexity index is 1250. The summed E-state index contributed by atoms with van der Waals surface area (Å²) in [5.74, 6) is 0.796. The summed E-state index contributed by atoms with van der Waals surface area (Å²) in [4.78, 5) is 21.2. The number of carbonyl (C=O) groups is 1. The maximum absolute atomic E-state index is 13.9. The molecule has 0 radical (unpaired) electrons. The van der Waals surface area contributed by atoms with Gasteiger partial charge in [-0.2, -0.15) is 5.10 Å². The lowest BCUT2D eigenvalue weighted by atomic mass is 10.1. The van der Waals surface area contributed by atoms with Gasteiger partial charge in [-0.3, -0.25) is 9.89 Å². The van der Waals surface area contributed by atoms with E-state index in [2.05, 4.69) is 30.8 Å². The Labute approximate surface area is 184 Å². The molecule has 8 nitrogen and oxygen atoms in total. The van der Waals surface area contributed by atoms with Crippen LogP contribution in [0.3, 0.4) is 0 Å². The minimum absolute atomic E-state index is 0.113. The molecule has 164 valence electrons. The molecule has 0 bridgehead atoms. The fourth-order valence-corrected chi connectivity index (χ4v) is 3.11. The lowest BCUT2D eigenvalue weighted by molar-refractivity contribution is -0.124. The largest absolute Gasteiger partial charge is 0.484 e. The molecule has 4 aromatic rings. The van der Waals surface area contributed by atoms with Gasteiger partial charge < -0.3 is 15.4 Å². The van der Waals surface area contributed by atoms with Crippen molar-refractivity contribution in [3.05, 3.63) is 60.7 Å². The smallest absolute Gasteiger partial charge is 0.258 e. The van der Waals surface area contributed by atoms with Crippen LogP contribution in [0.2, 0.25) is 0 Å². The van der Waals surface area contributed by atoms with Gasteiger partial charge in [-0.15, -0.1) is 0 Å². The maximum Gasteiger partial charge on any atom is 0.258 e. The van der Waals surface area contributed by atoms with Crippen LogP contribution in [0.15, 0.2) is 54.9 Å². The predicted molar refractivity (Wildman–Crippen MR) is 120 cm³/mol. The maximum atomic E-state index is 13.9. The number of carbonyl (C=O) groups excluding carboxylic acids is 1. The van der Waals surface area contributed by atoms with Gasteiger partial charge in [0.25, 0.3) is 5.91 Å². The standard InChI is InChI=1S/C23H23FN6O2/c1-23(2,3)30-20(31)13-32-17-6-4-5-14(9-17)21-28-19-10-15(24)7-8-18(19)22(29-21)27-16-11-25-26-12-16/h4-12H,13H2,1-3H3,(H,25,26)(H,30,31)(H,27,28,29). The number of nitrogens with zero attached hydrogens (tertiary/aromatic N) is 3. The Morgan fingerprint density at radius 2 is 2.00 bits per heavy atom. The fraction of sp³-hybridized carbons (Fsp3) is 0.217. The normalized spacial score (nSPS) is 11.4. The number of hydrogen-bond acceptors (Lipinski definition) is 6. The van der Waals surface area contributed by atoms with Crippen molar-refractivity contribution in [2.75, 3.05) is 11.9 Å². The number of benzene rings is 2. The van der Waals surface area contributed by atoms with E-state index in [1.807, 2.05) is 26.8 Å². The number of aromatic amines is 1. The molecule has 2 aromatic heterocycles. The van der Waals surface area contributed by atoms with E-state index in [0.717, 1.165) is 0 Å². The average Bonchev–Trinajstić information content (AvgIpc) is 3.24. The molecule has 0 atom stereocenters. The zero-order valence-electron chi connectivity index (χ0n) is 17.9. The lowest BCUT2D eigenvalue weighted by Gasteiger charge is -2.20. The highest BCUT2D eigenvalue weighted by Gasteiger charge is 2.15. The third kappa shape index (κ3) is 5.18. The summed E-state index contributed by atoms with van der Waals surface area (Å²) in [6, 6.07) is 11.5. The summed E-state index contributed by atoms with van der Waals surface area (Å²) in [6.07, 6.45) is 3.31. The highest BCUT2D eigenvalue weighted by Crippen LogP contribution is 2.29. The third-order valence-corrected chi connectivity index (χ3v) is 4.40. The van der Waals surface area contributed by atoms with Crippen LogP contribution in [0, 0.1) is 5.82 Å². The molecule has 4 rings (SSSR count). The first-order chi connectivity index (χ1) is 15.3. The Morgan fingerprint density at radius 1 is 1.16 bits per heavy atom. The molecule has 0 unspecified atom stereocenters. The summed E-state index contributed by atoms with van der Waals surface area (Å²) < 4.78 is 19.5. The molecule has 0 fully saturated rings. The van der Waals surface area contributed by atoms with Crippen LogP contribution < -0.4 is 15.4 Å². The van der Waals surface area contributed by atoms with Gasteiger partial charge in [0.15, 0.2) is 12.4 Å². The number of H-pyrrole nitrogens is 1. The van der Waals surface area contributed by atoms with E-state index in [4.69, 9.17) is 4.74 Å². The van der Waals surface area contributed by atoms with E-state index < -0.39 is 5.82 Å². The van der Waals surface area contributed by atoms with Crippen LogP contribution >= 0.6 is 0 Å². The summed E-state index contributed by atoms with van der Waals surface area (Å²) in [7, 11) is 0. The zero-order chi connectivity index (χ0) is 22.7. The highest BCUT2D eigenvalue weighted by molar-refractivity contribution is 5.92. The van der Waals surface area contributed by atoms with Crippen LogP contribution in [-0.2, 0) is 4.79 Å². The van der Waals surface area contributed by atoms with Crippen molar-refractivity contribution in [1.29, 1.82) is 0 Å². The molecule has 0 aliphatic rings. The predicted octanol–water partition coefficient (Wildman–Crippen LogP) is 4.20. The van der Waals surface area contributed by atoms with Crippen LogP contribution in [0.25, 0.3) is 22.3 Å². The average molecular weight is 434 g/mol. The third-order valence-electron chi connectivity index (χ3n) is 4.40. The van der Waals surface area contributed by atoms with Crippen LogP contribution in [0.5, 0.6) is 5.75 Å². The Kier molecular flexibility index (Phi) is 5.72. The van der Waals surface area contributed by atoms with Crippen molar-refractivity contribution in [2.45, 2.75) is 26.3 Å². The molecular weight excluding hydrogens is 411 g/mol. The molecular formula is C23H23FN6O2. The van der Waals surface area contributed by atoms with E-state index in [9.17, 15) is 9.18 Å². The SMILES string of the molecule is CC(C)(C)NC(=O)COc1cccc(-c2nc(Nc3cn[nH]c3)c3ccc(F)cc3n2)c1. The quantitative estimate of drug-likeness (QED) is 0.420. The van der Waals surface area contributed by atoms with Crippen molar-refractivity contribution >= 4 is 28.3 Å². The van der Waals surface area contributed by atoms with E-state index >= 15 is 0 Å². The Balaban J connectivity index is 1.64. The number of aromatic nitrogens is 4. The van der Waals surface area contributed by atoms with E-state index in [1.54, 1.807) is 36.7 Å². The Hall–Kier alpha value is -4.01. The van der Waals surface area contributed by atoms with Crippen LogP contribution in [0.4, 0.5) is 15.9 Å². The molecule has 2 aromatic carbocycles. The van der Waals surface area contributed by atoms with Gasteiger partial charge in [0.05, 0.1) is 17.4 Å². The Morgan fingerprint density at radius 3 is 2.75 bits per heavy atom. The lowest BCUT2D eigenvalue weighted by Crippen LogP contribution is -2.43. The van der Waals surface area contributed by atoms with Crippen LogP contribution in [0.1, 0.15) is 20.8 Å². The molecule has 2 heterocycles. The summed E-state index contributed by atoms with van der Waals surface area (Å²) in [5, 5.41) is 13.4. The second-order valence-corrected chi connectivity index (χ2v) is 8.28. The number of hydrogen-bond donors (Lipinski definition) is 3. The monoisotopic (exact) mass is 434 g/mol. The molecule has 1 amide bonds. The molecule has 0 saturated heterocycles. The highest BCUT2D eigenvalue weighted by atomic mass is 19.1. The summed E-state index contributed by atoms with van der Waals surface area (Å²) in [6.45, 7) is 5.60. The molecule has 0 aliphatic heterocycles. The molecule has 32 heavy (non-hydrogen) atoms. The number of ether oxygens (including phenoxy) is 1. The van der Waals surface area contributed by atoms with E-state index in [-0.39, 0.29) is 18.1 Å². The number of fused-ring (bicyclic) bond motifs is 1. The molecule has 0 spiro atoms. The van der Waals surface area contributed by atoms with Gasteiger partial charge >= 0.3 is 0 Å². The first-order valence-corrected chi connectivity index (χ1v) is 10.0. The van der Waals surface area contributed by atoms with Crippen molar-refractivity contribution in [3.8, 4) is 17.1 Å². The topological polar surface area (TPSA) is 105 Å². The zero-order valence-corrected chi connectivity index (χ0v) is 17.9. The van der Waals surface area contributed by atoms with Gasteiger partial charge in [-0.1, -0.05) is 12.1 Å². The van der Waals surface area contributed by atoms with Crippen molar-refractivity contribution in [1.82, 2.24) is 25.5 Å². The van der Waals surface area contributed by atoms with Crippen molar-refractivity contribution < 1.29 is 13.9 Å². The van der Waals surface area contributed by atoms with Crippen LogP contribution in [-0.4, -0.2) is 38.2 Å². The van der Waals surface area contributed by atoms with E-state index in [1.165, 1.54) is 12.1 Å². The fourth-order valence-electron chi connectivity index (χ4n) is 3.11. The van der Waals surface area contributed by atoms with Crippen molar-refractivity contribution in [3.63, 3.8) is 0 Å². The minimum Gasteiger partial charge on any atom is -0.484 e. The molecule has 9 heteroatoms. The molecule has 0 aliphatic carbocycles. The van der Waals surface area contributed by atoms with Gasteiger partial charge in [0.1, 0.15) is 17.4 Å². The second kappa shape index (κ2) is 8.62.